The quantitative estimate of drug-likeness (QED) is 0.711. The van der Waals surface area contributed by atoms with Crippen molar-refractivity contribution in [3.63, 3.8) is 0 Å². The minimum absolute atomic E-state index is 0.265. The van der Waals surface area contributed by atoms with Crippen LogP contribution in [0.2, 0.25) is 0 Å². The van der Waals surface area contributed by atoms with E-state index in [0.29, 0.717) is 24.2 Å². The van der Waals surface area contributed by atoms with Crippen LogP contribution < -0.4 is 5.73 Å². The molecule has 0 aliphatic carbocycles. The van der Waals surface area contributed by atoms with Crippen molar-refractivity contribution in [2.24, 2.45) is 23.5 Å². The van der Waals surface area contributed by atoms with E-state index in [0.717, 1.165) is 25.9 Å². The summed E-state index contributed by atoms with van der Waals surface area (Å²) in [5.74, 6) is 1.99. The minimum Gasteiger partial charge on any atom is -0.346 e. The molecule has 1 atom stereocenters. The van der Waals surface area contributed by atoms with Gasteiger partial charge in [-0.3, -0.25) is 4.79 Å². The molecule has 102 valence electrons. The van der Waals surface area contributed by atoms with Crippen LogP contribution in [0.4, 0.5) is 0 Å². The van der Waals surface area contributed by atoms with Crippen LogP contribution in [0.25, 0.3) is 0 Å². The summed E-state index contributed by atoms with van der Waals surface area (Å²) in [4.78, 5) is 13.8. The first-order valence-electron chi connectivity index (χ1n) is 6.82. The fraction of sp³-hybridized carbons (Fsp3) is 0.929. The van der Waals surface area contributed by atoms with E-state index in [1.807, 2.05) is 11.9 Å². The number of carbonyl (C=O) groups is 1. The van der Waals surface area contributed by atoms with Crippen molar-refractivity contribution in [1.82, 2.24) is 4.90 Å². The predicted molar refractivity (Wildman–Crippen MR) is 73.7 cm³/mol. The van der Waals surface area contributed by atoms with Crippen LogP contribution >= 0.6 is 0 Å². The number of nitrogens with two attached hydrogens (primary N) is 1. The lowest BCUT2D eigenvalue weighted by molar-refractivity contribution is -0.130. The van der Waals surface area contributed by atoms with Crippen molar-refractivity contribution >= 4 is 5.91 Å². The summed E-state index contributed by atoms with van der Waals surface area (Å²) in [5, 5.41) is 0. The Morgan fingerprint density at radius 1 is 1.18 bits per heavy atom. The van der Waals surface area contributed by atoms with Crippen LogP contribution in [0.5, 0.6) is 0 Å². The van der Waals surface area contributed by atoms with E-state index < -0.39 is 0 Å². The zero-order chi connectivity index (χ0) is 13.4. The Morgan fingerprint density at radius 3 is 2.18 bits per heavy atom. The summed E-state index contributed by atoms with van der Waals surface area (Å²) in [6, 6.07) is 0. The summed E-state index contributed by atoms with van der Waals surface area (Å²) in [6.45, 7) is 10.3. The predicted octanol–water partition coefficient (Wildman–Crippen LogP) is 2.50. The molecule has 0 aliphatic rings. The Balaban J connectivity index is 4.03. The van der Waals surface area contributed by atoms with Crippen molar-refractivity contribution in [1.29, 1.82) is 0 Å². The van der Waals surface area contributed by atoms with E-state index in [1.165, 1.54) is 0 Å². The standard InChI is InChI=1S/C14H30N2O/c1-11(2)10-16(5)14(17)7-6-13(8-9-15)12(3)4/h11-13H,6-10,15H2,1-5H3. The average Bonchev–Trinajstić information content (AvgIpc) is 2.22. The normalized spacial score (nSPS) is 13.2. The van der Waals surface area contributed by atoms with Gasteiger partial charge in [-0.2, -0.15) is 0 Å². The number of hydrogen-bond donors (Lipinski definition) is 1. The van der Waals surface area contributed by atoms with E-state index in [-0.39, 0.29) is 5.91 Å². The van der Waals surface area contributed by atoms with Crippen LogP contribution in [0, 0.1) is 17.8 Å². The molecule has 0 radical (unpaired) electrons. The van der Waals surface area contributed by atoms with Crippen LogP contribution in [-0.2, 0) is 4.79 Å². The molecule has 0 aromatic carbocycles. The molecule has 0 fully saturated rings. The van der Waals surface area contributed by atoms with Gasteiger partial charge < -0.3 is 10.6 Å². The van der Waals surface area contributed by atoms with Crippen molar-refractivity contribution < 1.29 is 4.79 Å². The lowest BCUT2D eigenvalue weighted by Crippen LogP contribution is -2.30. The molecule has 1 unspecified atom stereocenters. The van der Waals surface area contributed by atoms with Gasteiger partial charge in [-0.15, -0.1) is 0 Å². The largest absolute Gasteiger partial charge is 0.346 e. The highest BCUT2D eigenvalue weighted by Crippen LogP contribution is 2.20. The molecular formula is C14H30N2O. The Kier molecular flexibility index (Phi) is 8.23. The lowest BCUT2D eigenvalue weighted by Gasteiger charge is -2.23. The Bertz CT molecular complexity index is 214. The molecule has 3 heteroatoms. The Labute approximate surface area is 107 Å². The first-order chi connectivity index (χ1) is 7.88. The molecule has 0 aromatic heterocycles. The summed E-state index contributed by atoms with van der Waals surface area (Å²) >= 11 is 0. The monoisotopic (exact) mass is 242 g/mol. The summed E-state index contributed by atoms with van der Waals surface area (Å²) in [6.07, 6.45) is 2.65. The molecule has 3 nitrogen and oxygen atoms in total. The maximum atomic E-state index is 11.9. The van der Waals surface area contributed by atoms with Crippen LogP contribution in [-0.4, -0.2) is 30.9 Å². The smallest absolute Gasteiger partial charge is 0.222 e. The van der Waals surface area contributed by atoms with Gasteiger partial charge in [0.15, 0.2) is 0 Å². The van der Waals surface area contributed by atoms with E-state index in [4.69, 9.17) is 5.73 Å². The minimum atomic E-state index is 0.265. The average molecular weight is 242 g/mol. The van der Waals surface area contributed by atoms with Gasteiger partial charge in [-0.05, 0) is 37.1 Å². The van der Waals surface area contributed by atoms with E-state index >= 15 is 0 Å². The molecule has 0 aliphatic heterocycles. The van der Waals surface area contributed by atoms with Gasteiger partial charge in [0, 0.05) is 20.0 Å². The molecule has 0 saturated heterocycles. The SMILES string of the molecule is CC(C)CN(C)C(=O)CCC(CCN)C(C)C. The molecule has 0 rings (SSSR count). The maximum absolute atomic E-state index is 11.9. The second kappa shape index (κ2) is 8.51. The fourth-order valence-corrected chi connectivity index (χ4v) is 2.17. The highest BCUT2D eigenvalue weighted by Gasteiger charge is 2.16. The zero-order valence-corrected chi connectivity index (χ0v) is 12.2. The molecule has 0 saturated carbocycles. The molecule has 1 amide bonds. The molecule has 0 spiro atoms. The summed E-state index contributed by atoms with van der Waals surface area (Å²) in [5.41, 5.74) is 5.60. The van der Waals surface area contributed by atoms with Crippen molar-refractivity contribution in [3.8, 4) is 0 Å². The van der Waals surface area contributed by atoms with E-state index in [1.54, 1.807) is 0 Å². The second-order valence-corrected chi connectivity index (χ2v) is 5.79. The third kappa shape index (κ3) is 7.37. The molecule has 0 aromatic rings. The Hall–Kier alpha value is -0.570. The highest BCUT2D eigenvalue weighted by atomic mass is 16.2. The lowest BCUT2D eigenvalue weighted by atomic mass is 9.88. The molecule has 2 N–H and O–H groups in total. The van der Waals surface area contributed by atoms with Crippen LogP contribution in [0.1, 0.15) is 47.0 Å². The number of nitrogens with zero attached hydrogens (tertiary/aromatic N) is 1. The first kappa shape index (κ1) is 16.4. The number of rotatable bonds is 8. The number of amides is 1. The van der Waals surface area contributed by atoms with Gasteiger partial charge in [0.2, 0.25) is 5.91 Å². The van der Waals surface area contributed by atoms with Gasteiger partial charge in [0.1, 0.15) is 0 Å². The molecular weight excluding hydrogens is 212 g/mol. The second-order valence-electron chi connectivity index (χ2n) is 5.79. The third-order valence-electron chi connectivity index (χ3n) is 3.27. The highest BCUT2D eigenvalue weighted by molar-refractivity contribution is 5.75. The van der Waals surface area contributed by atoms with Gasteiger partial charge in [0.05, 0.1) is 0 Å². The van der Waals surface area contributed by atoms with Crippen molar-refractivity contribution in [3.05, 3.63) is 0 Å². The fourth-order valence-electron chi connectivity index (χ4n) is 2.17. The van der Waals surface area contributed by atoms with E-state index in [2.05, 4.69) is 27.7 Å². The first-order valence-corrected chi connectivity index (χ1v) is 6.82. The van der Waals surface area contributed by atoms with Crippen molar-refractivity contribution in [2.45, 2.75) is 47.0 Å². The summed E-state index contributed by atoms with van der Waals surface area (Å²) in [7, 11) is 1.90. The van der Waals surface area contributed by atoms with Crippen LogP contribution in [0.15, 0.2) is 0 Å². The van der Waals surface area contributed by atoms with Crippen molar-refractivity contribution in [2.75, 3.05) is 20.1 Å². The summed E-state index contributed by atoms with van der Waals surface area (Å²) < 4.78 is 0. The number of carbonyl (C=O) groups excluding carboxylic acids is 1. The van der Waals surface area contributed by atoms with Gasteiger partial charge >= 0.3 is 0 Å². The van der Waals surface area contributed by atoms with Crippen LogP contribution in [0.3, 0.4) is 0 Å². The topological polar surface area (TPSA) is 46.3 Å². The maximum Gasteiger partial charge on any atom is 0.222 e. The van der Waals surface area contributed by atoms with Gasteiger partial charge in [0.25, 0.3) is 0 Å². The Morgan fingerprint density at radius 2 is 1.76 bits per heavy atom. The third-order valence-corrected chi connectivity index (χ3v) is 3.27. The van der Waals surface area contributed by atoms with Gasteiger partial charge in [-0.1, -0.05) is 27.7 Å². The van der Waals surface area contributed by atoms with Gasteiger partial charge in [-0.25, -0.2) is 0 Å². The number of hydrogen-bond acceptors (Lipinski definition) is 2. The molecule has 0 heterocycles. The molecule has 0 bridgehead atoms. The van der Waals surface area contributed by atoms with E-state index in [9.17, 15) is 4.79 Å². The zero-order valence-electron chi connectivity index (χ0n) is 12.2. The molecule has 17 heavy (non-hydrogen) atoms.